The van der Waals surface area contributed by atoms with Crippen LogP contribution in [0.3, 0.4) is 0 Å². The second-order valence-electron chi connectivity index (χ2n) is 9.57. The van der Waals surface area contributed by atoms with Crippen LogP contribution >= 0.6 is 23.2 Å². The summed E-state index contributed by atoms with van der Waals surface area (Å²) in [5.41, 5.74) is 5.71. The van der Waals surface area contributed by atoms with E-state index in [1.807, 2.05) is 43.3 Å². The van der Waals surface area contributed by atoms with Crippen molar-refractivity contribution in [3.05, 3.63) is 117 Å². The molecular formula is C31H28Cl2FN3O. The minimum atomic E-state index is -0.282. The Kier molecular flexibility index (Phi) is 7.96. The lowest BCUT2D eigenvalue weighted by atomic mass is 9.91. The zero-order valence-electron chi connectivity index (χ0n) is 21.1. The summed E-state index contributed by atoms with van der Waals surface area (Å²) < 4.78 is 15.4. The maximum atomic E-state index is 13.7. The van der Waals surface area contributed by atoms with Gasteiger partial charge >= 0.3 is 0 Å². The Morgan fingerprint density at radius 3 is 2.47 bits per heavy atom. The van der Waals surface area contributed by atoms with Gasteiger partial charge < -0.3 is 5.32 Å². The first-order valence-corrected chi connectivity index (χ1v) is 13.6. The quantitative estimate of drug-likeness (QED) is 0.272. The van der Waals surface area contributed by atoms with Gasteiger partial charge in [-0.1, -0.05) is 72.1 Å². The molecule has 5 rings (SSSR count). The largest absolute Gasteiger partial charge is 0.344 e. The Labute approximate surface area is 232 Å². The number of nitrogens with zero attached hydrogens (tertiary/aromatic N) is 2. The monoisotopic (exact) mass is 547 g/mol. The molecule has 1 N–H and O–H groups in total. The van der Waals surface area contributed by atoms with Crippen LogP contribution in [0, 0.1) is 5.82 Å². The summed E-state index contributed by atoms with van der Waals surface area (Å²) in [6.45, 7) is 1.96. The highest BCUT2D eigenvalue weighted by Gasteiger charge is 2.28. The van der Waals surface area contributed by atoms with E-state index < -0.39 is 0 Å². The van der Waals surface area contributed by atoms with Gasteiger partial charge in [-0.15, -0.1) is 0 Å². The summed E-state index contributed by atoms with van der Waals surface area (Å²) in [6.07, 6.45) is 6.55. The Morgan fingerprint density at radius 1 is 1.00 bits per heavy atom. The fraction of sp³-hybridized carbons (Fsp3) is 0.226. The summed E-state index contributed by atoms with van der Waals surface area (Å²) >= 11 is 12.8. The SMILES string of the molecule is C[C@@H](NC(=O)c1nn(-c2ccc(Cl)cc2Cl)c2c1CCCCCC2=Cc1ccc(F)cc1)c1ccccc1. The van der Waals surface area contributed by atoms with E-state index in [0.717, 1.165) is 53.6 Å². The molecule has 0 saturated heterocycles. The highest BCUT2D eigenvalue weighted by atomic mass is 35.5. The van der Waals surface area contributed by atoms with Gasteiger partial charge in [-0.2, -0.15) is 5.10 Å². The van der Waals surface area contributed by atoms with Crippen molar-refractivity contribution in [1.29, 1.82) is 0 Å². The summed E-state index contributed by atoms with van der Waals surface area (Å²) in [7, 11) is 0. The van der Waals surface area contributed by atoms with Crippen LogP contribution in [0.15, 0.2) is 72.8 Å². The number of aromatic nitrogens is 2. The maximum Gasteiger partial charge on any atom is 0.272 e. The van der Waals surface area contributed by atoms with E-state index in [4.69, 9.17) is 28.3 Å². The average Bonchev–Trinajstić information content (AvgIpc) is 3.26. The molecule has 4 aromatic rings. The minimum Gasteiger partial charge on any atom is -0.344 e. The molecule has 1 aliphatic carbocycles. The van der Waals surface area contributed by atoms with E-state index >= 15 is 0 Å². The van der Waals surface area contributed by atoms with Crippen LogP contribution in [0.25, 0.3) is 17.3 Å². The lowest BCUT2D eigenvalue weighted by Gasteiger charge is -2.18. The standard InChI is InChI=1S/C31H28Cl2FN3O/c1-20(22-8-4-2-5-9-22)35-31(38)29-26-11-7-3-6-10-23(18-21-12-15-25(34)16-13-21)30(26)37(36-29)28-17-14-24(32)19-27(28)33/h2,4-5,8-9,12-20H,3,6-7,10-11H2,1H3,(H,35,38)/t20-/m1/s1. The van der Waals surface area contributed by atoms with Crippen LogP contribution in [0.1, 0.15) is 71.5 Å². The zero-order chi connectivity index (χ0) is 26.6. The van der Waals surface area contributed by atoms with E-state index in [1.165, 1.54) is 12.1 Å². The summed E-state index contributed by atoms with van der Waals surface area (Å²) in [4.78, 5) is 13.7. The molecule has 1 aliphatic rings. The van der Waals surface area contributed by atoms with Crippen molar-refractivity contribution in [2.45, 2.75) is 45.1 Å². The van der Waals surface area contributed by atoms with E-state index in [1.54, 1.807) is 28.9 Å². The van der Waals surface area contributed by atoms with Crippen molar-refractivity contribution in [2.24, 2.45) is 0 Å². The molecule has 7 heteroatoms. The van der Waals surface area contributed by atoms with Crippen LogP contribution < -0.4 is 5.32 Å². The third kappa shape index (κ3) is 5.69. The third-order valence-electron chi connectivity index (χ3n) is 6.87. The average molecular weight is 548 g/mol. The Bertz CT molecular complexity index is 1480. The number of carbonyl (C=O) groups is 1. The van der Waals surface area contributed by atoms with Gasteiger partial charge in [0.2, 0.25) is 0 Å². The first-order chi connectivity index (χ1) is 18.4. The van der Waals surface area contributed by atoms with Gasteiger partial charge in [-0.25, -0.2) is 9.07 Å². The highest BCUT2D eigenvalue weighted by molar-refractivity contribution is 6.35. The molecule has 0 spiro atoms. The number of halogens is 3. The van der Waals surface area contributed by atoms with Gasteiger partial charge in [-0.05, 0) is 85.7 Å². The van der Waals surface area contributed by atoms with Crippen LogP contribution in [-0.4, -0.2) is 15.7 Å². The van der Waals surface area contributed by atoms with Crippen LogP contribution in [0.2, 0.25) is 10.0 Å². The number of benzene rings is 3. The molecule has 3 aromatic carbocycles. The summed E-state index contributed by atoms with van der Waals surface area (Å²) in [5, 5.41) is 8.95. The van der Waals surface area contributed by atoms with Crippen molar-refractivity contribution in [1.82, 2.24) is 15.1 Å². The van der Waals surface area contributed by atoms with Gasteiger partial charge in [0.15, 0.2) is 5.69 Å². The summed E-state index contributed by atoms with van der Waals surface area (Å²) in [6, 6.07) is 21.3. The van der Waals surface area contributed by atoms with Crippen molar-refractivity contribution in [2.75, 3.05) is 0 Å². The van der Waals surface area contributed by atoms with E-state index in [0.29, 0.717) is 27.8 Å². The van der Waals surface area contributed by atoms with Crippen molar-refractivity contribution in [3.63, 3.8) is 0 Å². The molecule has 0 fully saturated rings. The van der Waals surface area contributed by atoms with Gasteiger partial charge in [-0.3, -0.25) is 4.79 Å². The predicted molar refractivity (Wildman–Crippen MR) is 152 cm³/mol. The first-order valence-electron chi connectivity index (χ1n) is 12.8. The van der Waals surface area contributed by atoms with E-state index in [2.05, 4.69) is 11.4 Å². The second-order valence-corrected chi connectivity index (χ2v) is 10.4. The number of carbonyl (C=O) groups excluding carboxylic acids is 1. The molecule has 1 atom stereocenters. The third-order valence-corrected chi connectivity index (χ3v) is 7.41. The smallest absolute Gasteiger partial charge is 0.272 e. The molecule has 1 heterocycles. The first kappa shape index (κ1) is 26.2. The lowest BCUT2D eigenvalue weighted by molar-refractivity contribution is 0.0933. The van der Waals surface area contributed by atoms with Gasteiger partial charge in [0, 0.05) is 10.6 Å². The number of allylic oxidation sites excluding steroid dienone is 1. The van der Waals surface area contributed by atoms with Crippen molar-refractivity contribution < 1.29 is 9.18 Å². The molecule has 0 saturated carbocycles. The second kappa shape index (κ2) is 11.5. The normalized spacial score (nSPS) is 15.4. The lowest BCUT2D eigenvalue weighted by Crippen LogP contribution is -2.28. The van der Waals surface area contributed by atoms with Gasteiger partial charge in [0.05, 0.1) is 22.4 Å². The molecule has 194 valence electrons. The zero-order valence-corrected chi connectivity index (χ0v) is 22.6. The number of hydrogen-bond donors (Lipinski definition) is 1. The van der Waals surface area contributed by atoms with Crippen molar-refractivity contribution >= 4 is 40.8 Å². The Hall–Kier alpha value is -3.41. The van der Waals surface area contributed by atoms with Gasteiger partial charge in [0.25, 0.3) is 5.91 Å². The van der Waals surface area contributed by atoms with E-state index in [9.17, 15) is 9.18 Å². The number of rotatable bonds is 5. The molecule has 1 aromatic heterocycles. The minimum absolute atomic E-state index is 0.189. The van der Waals surface area contributed by atoms with Crippen LogP contribution in [-0.2, 0) is 6.42 Å². The maximum absolute atomic E-state index is 13.7. The molecule has 0 unspecified atom stereocenters. The molecule has 0 aliphatic heterocycles. The number of fused-ring (bicyclic) bond motifs is 1. The number of amides is 1. The van der Waals surface area contributed by atoms with Gasteiger partial charge in [0.1, 0.15) is 5.82 Å². The predicted octanol–water partition coefficient (Wildman–Crippen LogP) is 8.47. The molecule has 0 radical (unpaired) electrons. The molecule has 4 nitrogen and oxygen atoms in total. The summed E-state index contributed by atoms with van der Waals surface area (Å²) in [5.74, 6) is -0.516. The fourth-order valence-electron chi connectivity index (χ4n) is 4.93. The number of hydrogen-bond acceptors (Lipinski definition) is 2. The molecule has 0 bridgehead atoms. The number of nitrogens with one attached hydrogen (secondary N) is 1. The van der Waals surface area contributed by atoms with Crippen molar-refractivity contribution in [3.8, 4) is 5.69 Å². The highest BCUT2D eigenvalue weighted by Crippen LogP contribution is 2.36. The fourth-order valence-corrected chi connectivity index (χ4v) is 5.42. The Balaban J connectivity index is 1.66. The van der Waals surface area contributed by atoms with E-state index in [-0.39, 0.29) is 17.8 Å². The molecule has 38 heavy (non-hydrogen) atoms. The Morgan fingerprint density at radius 2 is 1.74 bits per heavy atom. The molecule has 1 amide bonds. The molecular weight excluding hydrogens is 520 g/mol. The van der Waals surface area contributed by atoms with Crippen LogP contribution in [0.4, 0.5) is 4.39 Å². The van der Waals surface area contributed by atoms with Crippen LogP contribution in [0.5, 0.6) is 0 Å². The topological polar surface area (TPSA) is 46.9 Å².